The number of nitrogens with one attached hydrogen (secondary N) is 1. The van der Waals surface area contributed by atoms with Crippen molar-refractivity contribution in [2.45, 2.75) is 58.3 Å². The molecule has 1 saturated heterocycles. The minimum Gasteiger partial charge on any atom is -0.460 e. The summed E-state index contributed by atoms with van der Waals surface area (Å²) in [7, 11) is 0. The molecule has 1 N–H and O–H groups in total. The van der Waals surface area contributed by atoms with Gasteiger partial charge in [0, 0.05) is 0 Å². The van der Waals surface area contributed by atoms with E-state index in [1.165, 1.54) is 0 Å². The molecule has 1 fully saturated rings. The molecule has 1 aromatic rings. The van der Waals surface area contributed by atoms with Gasteiger partial charge in [0.15, 0.2) is 6.04 Å². The van der Waals surface area contributed by atoms with Crippen LogP contribution in [0.1, 0.15) is 45.1 Å². The third-order valence-corrected chi connectivity index (χ3v) is 4.80. The Kier molecular flexibility index (Phi) is 8.58. The summed E-state index contributed by atoms with van der Waals surface area (Å²) in [5.74, 6) is -0.0376. The van der Waals surface area contributed by atoms with Crippen LogP contribution in [0, 0.1) is 5.92 Å². The van der Waals surface area contributed by atoms with Crippen molar-refractivity contribution in [2.24, 2.45) is 5.92 Å². The summed E-state index contributed by atoms with van der Waals surface area (Å²) in [5.41, 5.74) is 0.929. The van der Waals surface area contributed by atoms with Crippen molar-refractivity contribution in [3.05, 3.63) is 35.9 Å². The highest BCUT2D eigenvalue weighted by atomic mass is 16.7. The highest BCUT2D eigenvalue weighted by molar-refractivity contribution is 5.77. The van der Waals surface area contributed by atoms with Crippen LogP contribution in [-0.4, -0.2) is 42.7 Å². The summed E-state index contributed by atoms with van der Waals surface area (Å²) < 4.78 is 5.78. The summed E-state index contributed by atoms with van der Waals surface area (Å²) in [6.07, 6.45) is 4.25. The molecule has 144 valence electrons. The fourth-order valence-corrected chi connectivity index (χ4v) is 3.20. The smallest absolute Gasteiger partial charge is 0.331 e. The number of nitrogens with zero attached hydrogens (tertiary/aromatic N) is 1. The van der Waals surface area contributed by atoms with E-state index in [-0.39, 0.29) is 12.7 Å². The van der Waals surface area contributed by atoms with Crippen LogP contribution in [-0.2, 0) is 25.8 Å². The Bertz CT molecular complexity index is 546. The van der Waals surface area contributed by atoms with E-state index in [0.29, 0.717) is 12.3 Å². The minimum absolute atomic E-state index is 0.0975. The van der Waals surface area contributed by atoms with Crippen molar-refractivity contribution in [1.29, 1.82) is 0 Å². The fourth-order valence-electron chi connectivity index (χ4n) is 3.20. The predicted octanol–water partition coefficient (Wildman–Crippen LogP) is 2.68. The monoisotopic (exact) mass is 362 g/mol. The molecular formula is C20H30N2O4. The van der Waals surface area contributed by atoms with Crippen molar-refractivity contribution < 1.29 is 19.2 Å². The second-order valence-corrected chi connectivity index (χ2v) is 6.75. The molecule has 1 heterocycles. The maximum absolute atomic E-state index is 12.6. The van der Waals surface area contributed by atoms with Crippen molar-refractivity contribution in [2.75, 3.05) is 13.1 Å². The Hall–Kier alpha value is -1.92. The van der Waals surface area contributed by atoms with Gasteiger partial charge in [-0.05, 0) is 50.8 Å². The van der Waals surface area contributed by atoms with Crippen LogP contribution >= 0.6 is 0 Å². The summed E-state index contributed by atoms with van der Waals surface area (Å²) in [6.45, 7) is 5.86. The van der Waals surface area contributed by atoms with Gasteiger partial charge in [0.05, 0.1) is 0 Å². The number of rotatable bonds is 10. The number of amides is 1. The van der Waals surface area contributed by atoms with E-state index < -0.39 is 12.0 Å². The van der Waals surface area contributed by atoms with Crippen molar-refractivity contribution in [1.82, 2.24) is 10.4 Å². The second kappa shape index (κ2) is 10.9. The first kappa shape index (κ1) is 20.4. The number of benzene rings is 1. The first-order chi connectivity index (χ1) is 12.7. The lowest BCUT2D eigenvalue weighted by Gasteiger charge is -2.32. The van der Waals surface area contributed by atoms with Crippen LogP contribution in [0.2, 0.25) is 0 Å². The highest BCUT2D eigenvalue weighted by Gasteiger charge is 2.30. The third-order valence-electron chi connectivity index (χ3n) is 4.80. The number of hydrogen-bond donors (Lipinski definition) is 1. The standard InChI is InChI=1S/C20H30N2O4/c1-3-7-19(18-10-12-21-13-11-18)26-20(24)16(2)22(15-23)25-14-17-8-5-4-6-9-17/h4-6,8-9,15-16,18-19,21H,3,7,10-14H2,1-2H3. The topological polar surface area (TPSA) is 67.9 Å². The van der Waals surface area contributed by atoms with Crippen LogP contribution < -0.4 is 5.32 Å². The largest absolute Gasteiger partial charge is 0.460 e. The molecule has 1 amide bonds. The molecule has 0 radical (unpaired) electrons. The molecule has 1 aliphatic rings. The molecule has 0 aromatic heterocycles. The van der Waals surface area contributed by atoms with Crippen molar-refractivity contribution in [3.63, 3.8) is 0 Å². The SMILES string of the molecule is CCCC(OC(=O)C(C)N(C=O)OCc1ccccc1)C1CCNCC1. The molecule has 0 saturated carbocycles. The predicted molar refractivity (Wildman–Crippen MR) is 99.0 cm³/mol. The van der Waals surface area contributed by atoms with E-state index in [9.17, 15) is 9.59 Å². The van der Waals surface area contributed by atoms with Gasteiger partial charge in [0.1, 0.15) is 12.7 Å². The molecule has 2 atom stereocenters. The molecule has 26 heavy (non-hydrogen) atoms. The maximum atomic E-state index is 12.6. The van der Waals surface area contributed by atoms with Crippen LogP contribution in [0.25, 0.3) is 0 Å². The van der Waals surface area contributed by atoms with Gasteiger partial charge in [-0.25, -0.2) is 9.86 Å². The first-order valence-electron chi connectivity index (χ1n) is 9.47. The highest BCUT2D eigenvalue weighted by Crippen LogP contribution is 2.23. The lowest BCUT2D eigenvalue weighted by molar-refractivity contribution is -0.204. The second-order valence-electron chi connectivity index (χ2n) is 6.75. The van der Waals surface area contributed by atoms with Crippen molar-refractivity contribution in [3.8, 4) is 0 Å². The Morgan fingerprint density at radius 3 is 2.62 bits per heavy atom. The maximum Gasteiger partial charge on any atom is 0.331 e. The van der Waals surface area contributed by atoms with Crippen LogP contribution in [0.5, 0.6) is 0 Å². The van der Waals surface area contributed by atoms with Gasteiger partial charge in [-0.3, -0.25) is 9.63 Å². The molecule has 1 aromatic carbocycles. The van der Waals surface area contributed by atoms with Gasteiger partial charge in [-0.15, -0.1) is 0 Å². The number of piperidine rings is 1. The lowest BCUT2D eigenvalue weighted by Crippen LogP contribution is -2.43. The number of hydrogen-bond acceptors (Lipinski definition) is 5. The van der Waals surface area contributed by atoms with E-state index in [2.05, 4.69) is 12.2 Å². The van der Waals surface area contributed by atoms with Crippen LogP contribution in [0.4, 0.5) is 0 Å². The molecule has 2 rings (SSSR count). The van der Waals surface area contributed by atoms with Gasteiger partial charge in [-0.1, -0.05) is 43.7 Å². The number of hydroxylamine groups is 2. The fraction of sp³-hybridized carbons (Fsp3) is 0.600. The lowest BCUT2D eigenvalue weighted by atomic mass is 9.89. The number of carbonyl (C=O) groups excluding carboxylic acids is 2. The molecule has 0 bridgehead atoms. The Morgan fingerprint density at radius 1 is 1.31 bits per heavy atom. The Labute approximate surface area is 155 Å². The van der Waals surface area contributed by atoms with Gasteiger partial charge in [0.2, 0.25) is 6.41 Å². The van der Waals surface area contributed by atoms with Gasteiger partial charge < -0.3 is 10.1 Å². The molecule has 1 aliphatic heterocycles. The normalized spacial score (nSPS) is 17.3. The van der Waals surface area contributed by atoms with E-state index in [4.69, 9.17) is 9.57 Å². The van der Waals surface area contributed by atoms with Gasteiger partial charge in [0.25, 0.3) is 0 Å². The van der Waals surface area contributed by atoms with Gasteiger partial charge in [-0.2, -0.15) is 0 Å². The minimum atomic E-state index is -0.780. The number of carbonyl (C=O) groups is 2. The van der Waals surface area contributed by atoms with E-state index in [0.717, 1.165) is 49.4 Å². The Balaban J connectivity index is 1.90. The molecule has 6 heteroatoms. The zero-order valence-corrected chi connectivity index (χ0v) is 15.7. The van der Waals surface area contributed by atoms with Crippen LogP contribution in [0.15, 0.2) is 30.3 Å². The van der Waals surface area contributed by atoms with Gasteiger partial charge >= 0.3 is 5.97 Å². The van der Waals surface area contributed by atoms with Crippen molar-refractivity contribution >= 4 is 12.4 Å². The molecule has 2 unspecified atom stereocenters. The summed E-state index contributed by atoms with van der Waals surface area (Å²) in [4.78, 5) is 29.4. The quantitative estimate of drug-likeness (QED) is 0.394. The summed E-state index contributed by atoms with van der Waals surface area (Å²) >= 11 is 0. The molecule has 6 nitrogen and oxygen atoms in total. The van der Waals surface area contributed by atoms with E-state index >= 15 is 0 Å². The zero-order valence-electron chi connectivity index (χ0n) is 15.7. The summed E-state index contributed by atoms with van der Waals surface area (Å²) in [6, 6.07) is 8.74. The van der Waals surface area contributed by atoms with E-state index in [1.54, 1.807) is 6.92 Å². The average Bonchev–Trinajstić information content (AvgIpc) is 2.69. The number of ether oxygens (including phenoxy) is 1. The van der Waals surface area contributed by atoms with E-state index in [1.807, 2.05) is 30.3 Å². The van der Waals surface area contributed by atoms with Crippen LogP contribution in [0.3, 0.4) is 0 Å². The molecule has 0 aliphatic carbocycles. The first-order valence-corrected chi connectivity index (χ1v) is 9.47. The summed E-state index contributed by atoms with van der Waals surface area (Å²) in [5, 5.41) is 4.37. The number of esters is 1. The molecular weight excluding hydrogens is 332 g/mol. The average molecular weight is 362 g/mol. The zero-order chi connectivity index (χ0) is 18.8. The third kappa shape index (κ3) is 6.11. The Morgan fingerprint density at radius 2 is 2.00 bits per heavy atom. The molecule has 0 spiro atoms.